The minimum Gasteiger partial charge on any atom is -0.357 e. The van der Waals surface area contributed by atoms with Crippen LogP contribution in [0, 0.1) is 0 Å². The van der Waals surface area contributed by atoms with E-state index in [4.69, 9.17) is 5.73 Å². The van der Waals surface area contributed by atoms with Gasteiger partial charge in [-0.1, -0.05) is 13.5 Å². The van der Waals surface area contributed by atoms with E-state index in [0.717, 1.165) is 13.0 Å². The first-order valence-corrected chi connectivity index (χ1v) is 3.35. The molecule has 0 aliphatic carbocycles. The fourth-order valence-electron chi connectivity index (χ4n) is 0.698. The lowest BCUT2D eigenvalue weighted by Crippen LogP contribution is -2.39. The van der Waals surface area contributed by atoms with E-state index >= 15 is 0 Å². The summed E-state index contributed by atoms with van der Waals surface area (Å²) >= 11 is 0. The number of nitrogens with two attached hydrogens (primary N) is 1. The van der Waals surface area contributed by atoms with Crippen LogP contribution in [0.2, 0.25) is 0 Å². The Morgan fingerprint density at radius 3 is 2.70 bits per heavy atom. The monoisotopic (exact) mass is 142 g/mol. The van der Waals surface area contributed by atoms with E-state index in [-0.39, 0.29) is 0 Å². The Bertz CT molecular complexity index is 114. The van der Waals surface area contributed by atoms with Gasteiger partial charge in [0.25, 0.3) is 0 Å². The van der Waals surface area contributed by atoms with E-state index in [1.807, 2.05) is 6.92 Å². The Kier molecular flexibility index (Phi) is 4.58. The maximum atomic E-state index is 10.2. The standard InChI is InChI=1S/C7H14N2O/c1-3-5-9(4-2)7(8)6-10/h4,6-7H,2-3,5,8H2,1H3. The van der Waals surface area contributed by atoms with Gasteiger partial charge in [-0.3, -0.25) is 4.79 Å². The summed E-state index contributed by atoms with van der Waals surface area (Å²) in [6.45, 7) is 6.34. The second kappa shape index (κ2) is 4.99. The zero-order valence-corrected chi connectivity index (χ0v) is 6.29. The molecule has 0 spiro atoms. The van der Waals surface area contributed by atoms with Crippen molar-refractivity contribution >= 4 is 6.29 Å². The van der Waals surface area contributed by atoms with Crippen LogP contribution in [0.25, 0.3) is 0 Å². The molecule has 0 aromatic carbocycles. The summed E-state index contributed by atoms with van der Waals surface area (Å²) in [4.78, 5) is 11.9. The maximum absolute atomic E-state index is 10.2. The van der Waals surface area contributed by atoms with Crippen molar-refractivity contribution in [2.45, 2.75) is 19.5 Å². The predicted octanol–water partition coefficient (Wildman–Crippen LogP) is 0.326. The van der Waals surface area contributed by atoms with Crippen LogP contribution in [0.5, 0.6) is 0 Å². The molecule has 1 unspecified atom stereocenters. The van der Waals surface area contributed by atoms with E-state index in [1.165, 1.54) is 0 Å². The van der Waals surface area contributed by atoms with Crippen molar-refractivity contribution < 1.29 is 4.79 Å². The summed E-state index contributed by atoms with van der Waals surface area (Å²) in [5, 5.41) is 0. The zero-order valence-electron chi connectivity index (χ0n) is 6.29. The minimum atomic E-state index is -0.530. The molecule has 0 aromatic rings. The second-order valence-corrected chi connectivity index (χ2v) is 2.05. The highest BCUT2D eigenvalue weighted by Crippen LogP contribution is 1.92. The van der Waals surface area contributed by atoms with Crippen molar-refractivity contribution in [3.05, 3.63) is 12.8 Å². The van der Waals surface area contributed by atoms with Crippen LogP contribution >= 0.6 is 0 Å². The van der Waals surface area contributed by atoms with Crippen LogP contribution in [-0.4, -0.2) is 23.9 Å². The van der Waals surface area contributed by atoms with Crippen molar-refractivity contribution in [1.82, 2.24) is 4.90 Å². The highest BCUT2D eigenvalue weighted by atomic mass is 16.1. The van der Waals surface area contributed by atoms with Gasteiger partial charge in [0.15, 0.2) is 6.29 Å². The Morgan fingerprint density at radius 2 is 2.40 bits per heavy atom. The second-order valence-electron chi connectivity index (χ2n) is 2.05. The van der Waals surface area contributed by atoms with Gasteiger partial charge in [-0.15, -0.1) is 0 Å². The van der Waals surface area contributed by atoms with Gasteiger partial charge in [0.1, 0.15) is 6.17 Å². The quantitative estimate of drug-likeness (QED) is 0.444. The fourth-order valence-corrected chi connectivity index (χ4v) is 0.698. The molecule has 0 radical (unpaired) electrons. The van der Waals surface area contributed by atoms with Crippen molar-refractivity contribution in [2.24, 2.45) is 5.73 Å². The number of hydrogen-bond donors (Lipinski definition) is 1. The number of rotatable bonds is 5. The number of hydrogen-bond acceptors (Lipinski definition) is 3. The van der Waals surface area contributed by atoms with Crippen LogP contribution in [0.1, 0.15) is 13.3 Å². The molecule has 0 fully saturated rings. The Balaban J connectivity index is 3.78. The molecular weight excluding hydrogens is 128 g/mol. The molecule has 0 rings (SSSR count). The summed E-state index contributed by atoms with van der Waals surface area (Å²) < 4.78 is 0. The number of nitrogens with zero attached hydrogens (tertiary/aromatic N) is 1. The largest absolute Gasteiger partial charge is 0.357 e. The fraction of sp³-hybridized carbons (Fsp3) is 0.571. The van der Waals surface area contributed by atoms with E-state index in [1.54, 1.807) is 11.1 Å². The summed E-state index contributed by atoms with van der Waals surface area (Å²) in [6, 6.07) is 0. The molecule has 0 saturated carbocycles. The van der Waals surface area contributed by atoms with Gasteiger partial charge < -0.3 is 10.6 Å². The maximum Gasteiger partial charge on any atom is 0.156 e. The van der Waals surface area contributed by atoms with Gasteiger partial charge in [-0.25, -0.2) is 0 Å². The van der Waals surface area contributed by atoms with E-state index in [9.17, 15) is 4.79 Å². The van der Waals surface area contributed by atoms with Crippen molar-refractivity contribution in [1.29, 1.82) is 0 Å². The lowest BCUT2D eigenvalue weighted by atomic mass is 10.4. The number of carbonyl (C=O) groups is 1. The van der Waals surface area contributed by atoms with Crippen LogP contribution < -0.4 is 5.73 Å². The normalized spacial score (nSPS) is 12.2. The van der Waals surface area contributed by atoms with Gasteiger partial charge in [-0.2, -0.15) is 0 Å². The smallest absolute Gasteiger partial charge is 0.156 e. The Labute approximate surface area is 61.5 Å². The van der Waals surface area contributed by atoms with E-state index in [0.29, 0.717) is 6.29 Å². The lowest BCUT2D eigenvalue weighted by molar-refractivity contribution is -0.111. The van der Waals surface area contributed by atoms with E-state index < -0.39 is 6.17 Å². The molecule has 3 heteroatoms. The summed E-state index contributed by atoms with van der Waals surface area (Å²) in [7, 11) is 0. The third-order valence-corrected chi connectivity index (χ3v) is 1.24. The Morgan fingerprint density at radius 1 is 1.80 bits per heavy atom. The molecule has 0 amide bonds. The van der Waals surface area contributed by atoms with Gasteiger partial charge in [0.2, 0.25) is 0 Å². The van der Waals surface area contributed by atoms with Crippen molar-refractivity contribution in [2.75, 3.05) is 6.54 Å². The first-order chi connectivity index (χ1) is 4.76. The van der Waals surface area contributed by atoms with Gasteiger partial charge in [0, 0.05) is 6.54 Å². The number of carbonyl (C=O) groups excluding carboxylic acids is 1. The molecule has 2 N–H and O–H groups in total. The van der Waals surface area contributed by atoms with E-state index in [2.05, 4.69) is 6.58 Å². The van der Waals surface area contributed by atoms with Crippen molar-refractivity contribution in [3.8, 4) is 0 Å². The topological polar surface area (TPSA) is 46.3 Å². The third-order valence-electron chi connectivity index (χ3n) is 1.24. The molecule has 0 saturated heterocycles. The lowest BCUT2D eigenvalue weighted by Gasteiger charge is -2.21. The molecule has 58 valence electrons. The molecule has 1 atom stereocenters. The highest BCUT2D eigenvalue weighted by Gasteiger charge is 2.05. The first-order valence-electron chi connectivity index (χ1n) is 3.35. The van der Waals surface area contributed by atoms with Crippen LogP contribution in [0.4, 0.5) is 0 Å². The molecule has 0 bridgehead atoms. The first kappa shape index (κ1) is 9.17. The summed E-state index contributed by atoms with van der Waals surface area (Å²) in [6.07, 6.45) is 2.73. The number of aldehydes is 1. The molecule has 0 aliphatic heterocycles. The zero-order chi connectivity index (χ0) is 7.98. The highest BCUT2D eigenvalue weighted by molar-refractivity contribution is 5.56. The predicted molar refractivity (Wildman–Crippen MR) is 41.2 cm³/mol. The molecular formula is C7H14N2O. The van der Waals surface area contributed by atoms with Gasteiger partial charge >= 0.3 is 0 Å². The van der Waals surface area contributed by atoms with Gasteiger partial charge in [0.05, 0.1) is 0 Å². The average molecular weight is 142 g/mol. The molecule has 3 nitrogen and oxygen atoms in total. The molecule has 0 aliphatic rings. The minimum absolute atomic E-state index is 0.530. The van der Waals surface area contributed by atoms with Gasteiger partial charge in [-0.05, 0) is 12.6 Å². The van der Waals surface area contributed by atoms with Crippen LogP contribution in [0.3, 0.4) is 0 Å². The molecule has 10 heavy (non-hydrogen) atoms. The molecule has 0 heterocycles. The Hall–Kier alpha value is -0.830. The SMILES string of the molecule is C=CN(CCC)C(N)C=O. The third kappa shape index (κ3) is 2.64. The molecule has 0 aromatic heterocycles. The summed E-state index contributed by atoms with van der Waals surface area (Å²) in [5.41, 5.74) is 5.40. The van der Waals surface area contributed by atoms with Crippen molar-refractivity contribution in [3.63, 3.8) is 0 Å². The van der Waals surface area contributed by atoms with Crippen LogP contribution in [0.15, 0.2) is 12.8 Å². The average Bonchev–Trinajstić information content (AvgIpc) is 1.99. The van der Waals surface area contributed by atoms with Crippen LogP contribution in [-0.2, 0) is 4.79 Å². The summed E-state index contributed by atoms with van der Waals surface area (Å²) in [5.74, 6) is 0.